The molecule has 0 aromatic heterocycles. The Morgan fingerprint density at radius 3 is 2.57 bits per heavy atom. The number of amides is 1. The maximum Gasteiger partial charge on any atom is 0.264 e. The molecular weight excluding hydrogens is 556 g/mol. The fourth-order valence-corrected chi connectivity index (χ4v) is 6.73. The number of aromatic hydroxyl groups is 1. The summed E-state index contributed by atoms with van der Waals surface area (Å²) in [5.74, 6) is 0.757. The third-order valence-electron chi connectivity index (χ3n) is 7.75. The van der Waals surface area contributed by atoms with Crippen LogP contribution in [0.3, 0.4) is 0 Å². The van der Waals surface area contributed by atoms with Crippen molar-refractivity contribution in [3.05, 3.63) is 70.8 Å². The minimum absolute atomic E-state index is 0.0714. The SMILES string of the molecule is COc1cc(C)c(CN2CCCN(C(=O)c3ccc(NS(=O)(=O)c4cccc5c4N=CCC5)cc3)CC2)c(O)c1OC. The summed E-state index contributed by atoms with van der Waals surface area (Å²) < 4.78 is 39.6. The quantitative estimate of drug-likeness (QED) is 0.395. The Kier molecular flexibility index (Phi) is 8.69. The van der Waals surface area contributed by atoms with Gasteiger partial charge >= 0.3 is 0 Å². The van der Waals surface area contributed by atoms with Crippen molar-refractivity contribution < 1.29 is 27.8 Å². The average molecular weight is 593 g/mol. The number of anilines is 1. The number of rotatable bonds is 8. The molecule has 1 fully saturated rings. The molecule has 3 aromatic carbocycles. The van der Waals surface area contributed by atoms with Gasteiger partial charge in [0.15, 0.2) is 11.5 Å². The Bertz CT molecular complexity index is 1600. The standard InChI is InChI=1S/C31H36N4O6S/c1-21-19-26(40-2)30(41-3)29(36)25(21)20-34-15-6-16-35(18-17-34)31(37)23-10-12-24(13-11-23)33-42(38,39)27-9-4-7-22-8-5-14-32-28(22)27/h4,7,9-14,19,33,36H,5-6,8,15-18,20H2,1-3H3. The Hall–Kier alpha value is -4.09. The van der Waals surface area contributed by atoms with Crippen LogP contribution >= 0.6 is 0 Å². The van der Waals surface area contributed by atoms with Gasteiger partial charge in [0.05, 0.1) is 19.9 Å². The van der Waals surface area contributed by atoms with Crippen LogP contribution < -0.4 is 14.2 Å². The lowest BCUT2D eigenvalue weighted by atomic mass is 10.1. The van der Waals surface area contributed by atoms with Gasteiger partial charge in [-0.15, -0.1) is 0 Å². The number of aliphatic imine (C=N–C) groups is 1. The van der Waals surface area contributed by atoms with Gasteiger partial charge in [-0.1, -0.05) is 12.1 Å². The van der Waals surface area contributed by atoms with E-state index in [0.717, 1.165) is 42.5 Å². The molecular formula is C31H36N4O6S. The van der Waals surface area contributed by atoms with Gasteiger partial charge < -0.3 is 19.5 Å². The number of hydrogen-bond donors (Lipinski definition) is 2. The summed E-state index contributed by atoms with van der Waals surface area (Å²) in [4.78, 5) is 21.8. The highest BCUT2D eigenvalue weighted by molar-refractivity contribution is 7.92. The second-order valence-corrected chi connectivity index (χ2v) is 12.1. The zero-order valence-electron chi connectivity index (χ0n) is 24.1. The molecule has 1 amide bonds. The van der Waals surface area contributed by atoms with Crippen molar-refractivity contribution in [1.29, 1.82) is 0 Å². The van der Waals surface area contributed by atoms with Crippen LogP contribution in [0, 0.1) is 6.92 Å². The van der Waals surface area contributed by atoms with Crippen molar-refractivity contribution in [1.82, 2.24) is 9.80 Å². The van der Waals surface area contributed by atoms with Gasteiger partial charge in [0.2, 0.25) is 5.75 Å². The molecule has 0 aliphatic carbocycles. The summed E-state index contributed by atoms with van der Waals surface area (Å²) >= 11 is 0. The Morgan fingerprint density at radius 2 is 1.83 bits per heavy atom. The Labute approximate surface area is 246 Å². The lowest BCUT2D eigenvalue weighted by molar-refractivity contribution is 0.0761. The molecule has 11 heteroatoms. The summed E-state index contributed by atoms with van der Waals surface area (Å²) in [6.45, 7) is 4.98. The van der Waals surface area contributed by atoms with Gasteiger partial charge in [-0.05, 0) is 73.7 Å². The lowest BCUT2D eigenvalue weighted by Crippen LogP contribution is -2.35. The van der Waals surface area contributed by atoms with Crippen LogP contribution in [0.1, 0.15) is 39.9 Å². The normalized spacial score (nSPS) is 15.5. The first-order valence-electron chi connectivity index (χ1n) is 13.9. The van der Waals surface area contributed by atoms with Gasteiger partial charge in [0.1, 0.15) is 4.90 Å². The van der Waals surface area contributed by atoms with Crippen LogP contribution in [0.5, 0.6) is 17.2 Å². The fourth-order valence-electron chi connectivity index (χ4n) is 5.48. The molecule has 10 nitrogen and oxygen atoms in total. The highest BCUT2D eigenvalue weighted by Gasteiger charge is 2.25. The predicted octanol–water partition coefficient (Wildman–Crippen LogP) is 4.52. The first-order valence-corrected chi connectivity index (χ1v) is 15.4. The number of phenols is 1. The number of hydrogen-bond acceptors (Lipinski definition) is 8. The maximum atomic E-state index is 13.3. The van der Waals surface area contributed by atoms with Crippen molar-refractivity contribution in [2.24, 2.45) is 4.99 Å². The molecule has 0 atom stereocenters. The van der Waals surface area contributed by atoms with E-state index in [9.17, 15) is 18.3 Å². The predicted molar refractivity (Wildman–Crippen MR) is 162 cm³/mol. The molecule has 2 heterocycles. The number of sulfonamides is 1. The van der Waals surface area contributed by atoms with Gasteiger partial charge in [-0.3, -0.25) is 19.4 Å². The second kappa shape index (κ2) is 12.4. The van der Waals surface area contributed by atoms with Crippen molar-refractivity contribution in [2.75, 3.05) is 45.1 Å². The van der Waals surface area contributed by atoms with Crippen LogP contribution in [0.25, 0.3) is 0 Å². The molecule has 1 saturated heterocycles. The van der Waals surface area contributed by atoms with E-state index in [1.165, 1.54) is 14.2 Å². The summed E-state index contributed by atoms with van der Waals surface area (Å²) in [5.41, 5.74) is 3.92. The molecule has 0 saturated carbocycles. The highest BCUT2D eigenvalue weighted by atomic mass is 32.2. The Balaban J connectivity index is 1.23. The zero-order chi connectivity index (χ0) is 29.9. The summed E-state index contributed by atoms with van der Waals surface area (Å²) in [5, 5.41) is 10.8. The van der Waals surface area contributed by atoms with E-state index in [1.807, 2.05) is 24.0 Å². The number of para-hydroxylation sites is 1. The average Bonchev–Trinajstić information content (AvgIpc) is 3.24. The van der Waals surface area contributed by atoms with Crippen molar-refractivity contribution in [2.45, 2.75) is 37.6 Å². The molecule has 0 bridgehead atoms. The molecule has 222 valence electrons. The van der Waals surface area contributed by atoms with E-state index in [0.29, 0.717) is 54.6 Å². The largest absolute Gasteiger partial charge is 0.504 e. The third kappa shape index (κ3) is 6.07. The number of carbonyl (C=O) groups excluding carboxylic acids is 1. The minimum atomic E-state index is -3.86. The van der Waals surface area contributed by atoms with E-state index in [1.54, 1.807) is 42.6 Å². The van der Waals surface area contributed by atoms with Gasteiger partial charge in [-0.25, -0.2) is 8.42 Å². The van der Waals surface area contributed by atoms with Crippen molar-refractivity contribution in [3.63, 3.8) is 0 Å². The van der Waals surface area contributed by atoms with Crippen LogP contribution in [-0.4, -0.2) is 75.8 Å². The number of methoxy groups -OCH3 is 2. The topological polar surface area (TPSA) is 121 Å². The number of ether oxygens (including phenoxy) is 2. The van der Waals surface area contributed by atoms with Crippen LogP contribution in [0.2, 0.25) is 0 Å². The summed E-state index contributed by atoms with van der Waals surface area (Å²) in [6.07, 6.45) is 4.06. The van der Waals surface area contributed by atoms with Crippen molar-refractivity contribution >= 4 is 33.5 Å². The number of fused-ring (bicyclic) bond motifs is 1. The van der Waals surface area contributed by atoms with Gasteiger partial charge in [0.25, 0.3) is 15.9 Å². The Morgan fingerprint density at radius 1 is 1.05 bits per heavy atom. The van der Waals surface area contributed by atoms with Crippen LogP contribution in [0.4, 0.5) is 11.4 Å². The molecule has 42 heavy (non-hydrogen) atoms. The van der Waals surface area contributed by atoms with Gasteiger partial charge in [-0.2, -0.15) is 0 Å². The molecule has 0 spiro atoms. The number of nitrogens with zero attached hydrogens (tertiary/aromatic N) is 3. The van der Waals surface area contributed by atoms with Crippen LogP contribution in [0.15, 0.2) is 58.4 Å². The van der Waals surface area contributed by atoms with E-state index >= 15 is 0 Å². The number of benzene rings is 3. The minimum Gasteiger partial charge on any atom is -0.504 e. The zero-order valence-corrected chi connectivity index (χ0v) is 24.9. The molecule has 0 unspecified atom stereocenters. The van der Waals surface area contributed by atoms with E-state index in [-0.39, 0.29) is 16.6 Å². The molecule has 0 radical (unpaired) electrons. The van der Waals surface area contributed by atoms with Gasteiger partial charge in [0, 0.05) is 55.8 Å². The first kappa shape index (κ1) is 29.4. The van der Waals surface area contributed by atoms with E-state index in [4.69, 9.17) is 9.47 Å². The molecule has 2 aliphatic heterocycles. The second-order valence-electron chi connectivity index (χ2n) is 10.5. The van der Waals surface area contributed by atoms with Crippen LogP contribution in [-0.2, 0) is 23.0 Å². The fraction of sp³-hybridized carbons (Fsp3) is 0.355. The summed E-state index contributed by atoms with van der Waals surface area (Å²) in [6, 6.07) is 13.5. The number of aryl methyl sites for hydroxylation is 2. The molecule has 2 N–H and O–H groups in total. The smallest absolute Gasteiger partial charge is 0.264 e. The lowest BCUT2D eigenvalue weighted by Gasteiger charge is -2.24. The molecule has 2 aliphatic rings. The number of nitrogens with one attached hydrogen (secondary N) is 1. The molecule has 3 aromatic rings. The number of phenolic OH excluding ortho intramolecular Hbond substituents is 1. The third-order valence-corrected chi connectivity index (χ3v) is 9.16. The van der Waals surface area contributed by atoms with E-state index < -0.39 is 10.0 Å². The first-order chi connectivity index (χ1) is 20.2. The maximum absolute atomic E-state index is 13.3. The monoisotopic (exact) mass is 592 g/mol. The summed E-state index contributed by atoms with van der Waals surface area (Å²) in [7, 11) is -0.822. The number of carbonyl (C=O) groups is 1. The highest BCUT2D eigenvalue weighted by Crippen LogP contribution is 2.41. The van der Waals surface area contributed by atoms with Crippen molar-refractivity contribution in [3.8, 4) is 17.2 Å². The molecule has 5 rings (SSSR count). The van der Waals surface area contributed by atoms with E-state index in [2.05, 4.69) is 14.6 Å².